The molecule has 0 aliphatic rings. The van der Waals surface area contributed by atoms with E-state index in [1.165, 1.54) is 0 Å². The molecule has 4 heteroatoms. The summed E-state index contributed by atoms with van der Waals surface area (Å²) in [7, 11) is 3.96. The molecule has 0 bridgehead atoms. The third-order valence-corrected chi connectivity index (χ3v) is 2.57. The van der Waals surface area contributed by atoms with Crippen LogP contribution >= 0.6 is 0 Å². The Morgan fingerprint density at radius 2 is 2.29 bits per heavy atom. The summed E-state index contributed by atoms with van der Waals surface area (Å²) in [5.41, 5.74) is 2.18. The van der Waals surface area contributed by atoms with Gasteiger partial charge in [-0.1, -0.05) is 0 Å². The first-order chi connectivity index (χ1) is 8.29. The SMILES string of the molecule is CNCc1cc(N(C)Cc2ccco2)ccn1. The maximum atomic E-state index is 5.33. The normalized spacial score (nSPS) is 10.5. The van der Waals surface area contributed by atoms with E-state index in [4.69, 9.17) is 4.42 Å². The first kappa shape index (κ1) is 11.7. The van der Waals surface area contributed by atoms with Crippen molar-refractivity contribution in [2.75, 3.05) is 19.0 Å². The summed E-state index contributed by atoms with van der Waals surface area (Å²) in [6, 6.07) is 7.97. The van der Waals surface area contributed by atoms with E-state index in [0.29, 0.717) is 0 Å². The average Bonchev–Trinajstić information content (AvgIpc) is 2.83. The van der Waals surface area contributed by atoms with Crippen molar-refractivity contribution < 1.29 is 4.42 Å². The first-order valence-corrected chi connectivity index (χ1v) is 5.62. The zero-order valence-corrected chi connectivity index (χ0v) is 10.2. The van der Waals surface area contributed by atoms with Gasteiger partial charge in [-0.2, -0.15) is 0 Å². The molecule has 0 spiro atoms. The van der Waals surface area contributed by atoms with Crippen LogP contribution in [0.25, 0.3) is 0 Å². The Hall–Kier alpha value is -1.81. The zero-order chi connectivity index (χ0) is 12.1. The molecule has 0 aliphatic carbocycles. The van der Waals surface area contributed by atoms with Crippen molar-refractivity contribution in [3.63, 3.8) is 0 Å². The predicted octanol–water partition coefficient (Wildman–Crippen LogP) is 2.03. The number of nitrogens with zero attached hydrogens (tertiary/aromatic N) is 2. The summed E-state index contributed by atoms with van der Waals surface area (Å²) in [5, 5.41) is 3.10. The Morgan fingerprint density at radius 1 is 1.41 bits per heavy atom. The largest absolute Gasteiger partial charge is 0.467 e. The summed E-state index contributed by atoms with van der Waals surface area (Å²) in [6.07, 6.45) is 3.53. The highest BCUT2D eigenvalue weighted by atomic mass is 16.3. The zero-order valence-electron chi connectivity index (χ0n) is 10.2. The Morgan fingerprint density at radius 3 is 3.00 bits per heavy atom. The van der Waals surface area contributed by atoms with Crippen LogP contribution in [0.1, 0.15) is 11.5 Å². The molecule has 2 aromatic heterocycles. The minimum atomic E-state index is 0.760. The molecule has 2 rings (SSSR count). The molecule has 0 saturated heterocycles. The number of nitrogens with one attached hydrogen (secondary N) is 1. The van der Waals surface area contributed by atoms with E-state index >= 15 is 0 Å². The van der Waals surface area contributed by atoms with E-state index in [1.54, 1.807) is 6.26 Å². The average molecular weight is 231 g/mol. The van der Waals surface area contributed by atoms with E-state index in [1.807, 2.05) is 38.5 Å². The molecule has 0 aliphatic heterocycles. The number of furan rings is 1. The predicted molar refractivity (Wildman–Crippen MR) is 67.8 cm³/mol. The van der Waals surface area contributed by atoms with Gasteiger partial charge in [0.15, 0.2) is 0 Å². The second kappa shape index (κ2) is 5.50. The molecule has 1 N–H and O–H groups in total. The molecular weight excluding hydrogens is 214 g/mol. The van der Waals surface area contributed by atoms with E-state index in [2.05, 4.69) is 21.3 Å². The van der Waals surface area contributed by atoms with Gasteiger partial charge in [0.25, 0.3) is 0 Å². The van der Waals surface area contributed by atoms with E-state index in [-0.39, 0.29) is 0 Å². The minimum absolute atomic E-state index is 0.760. The van der Waals surface area contributed by atoms with E-state index < -0.39 is 0 Å². The monoisotopic (exact) mass is 231 g/mol. The lowest BCUT2D eigenvalue weighted by atomic mass is 10.3. The molecule has 90 valence electrons. The van der Waals surface area contributed by atoms with Crippen molar-refractivity contribution in [3.05, 3.63) is 48.2 Å². The van der Waals surface area contributed by atoms with Gasteiger partial charge in [-0.25, -0.2) is 0 Å². The van der Waals surface area contributed by atoms with E-state index in [9.17, 15) is 0 Å². The summed E-state index contributed by atoms with van der Waals surface area (Å²) in [4.78, 5) is 6.43. The third kappa shape index (κ3) is 3.07. The van der Waals surface area contributed by atoms with Crippen molar-refractivity contribution in [2.24, 2.45) is 0 Å². The van der Waals surface area contributed by atoms with Crippen LogP contribution in [0, 0.1) is 0 Å². The van der Waals surface area contributed by atoms with Gasteiger partial charge in [-0.15, -0.1) is 0 Å². The van der Waals surface area contributed by atoms with Crippen LogP contribution in [0.4, 0.5) is 5.69 Å². The highest BCUT2D eigenvalue weighted by Crippen LogP contribution is 2.16. The molecule has 0 saturated carbocycles. The van der Waals surface area contributed by atoms with Crippen molar-refractivity contribution in [1.29, 1.82) is 0 Å². The number of pyridine rings is 1. The Balaban J connectivity index is 2.07. The topological polar surface area (TPSA) is 41.3 Å². The fourth-order valence-electron chi connectivity index (χ4n) is 1.71. The van der Waals surface area contributed by atoms with Gasteiger partial charge < -0.3 is 14.6 Å². The number of rotatable bonds is 5. The Bertz CT molecular complexity index is 453. The molecule has 0 aromatic carbocycles. The van der Waals surface area contributed by atoms with Crippen LogP contribution in [0.5, 0.6) is 0 Å². The van der Waals surface area contributed by atoms with Gasteiger partial charge >= 0.3 is 0 Å². The Labute approximate surface area is 101 Å². The smallest absolute Gasteiger partial charge is 0.123 e. The molecule has 0 unspecified atom stereocenters. The number of anilines is 1. The van der Waals surface area contributed by atoms with Gasteiger partial charge in [-0.3, -0.25) is 4.98 Å². The molecular formula is C13H17N3O. The molecule has 0 atom stereocenters. The summed E-state index contributed by atoms with van der Waals surface area (Å²) >= 11 is 0. The van der Waals surface area contributed by atoms with Crippen molar-refractivity contribution in [3.8, 4) is 0 Å². The van der Waals surface area contributed by atoms with Gasteiger partial charge in [0.1, 0.15) is 5.76 Å². The van der Waals surface area contributed by atoms with Crippen LogP contribution in [0.2, 0.25) is 0 Å². The lowest BCUT2D eigenvalue weighted by Crippen LogP contribution is -2.17. The van der Waals surface area contributed by atoms with Gasteiger partial charge in [-0.05, 0) is 31.3 Å². The van der Waals surface area contributed by atoms with Crippen molar-refractivity contribution in [2.45, 2.75) is 13.1 Å². The van der Waals surface area contributed by atoms with Crippen molar-refractivity contribution in [1.82, 2.24) is 10.3 Å². The van der Waals surface area contributed by atoms with Crippen LogP contribution in [-0.4, -0.2) is 19.1 Å². The van der Waals surface area contributed by atoms with Crippen LogP contribution in [-0.2, 0) is 13.1 Å². The second-order valence-corrected chi connectivity index (χ2v) is 3.97. The lowest BCUT2D eigenvalue weighted by molar-refractivity contribution is 0.507. The third-order valence-electron chi connectivity index (χ3n) is 2.57. The summed E-state index contributed by atoms with van der Waals surface area (Å²) in [5.74, 6) is 0.958. The van der Waals surface area contributed by atoms with Crippen LogP contribution < -0.4 is 10.2 Å². The molecule has 0 radical (unpaired) electrons. The second-order valence-electron chi connectivity index (χ2n) is 3.97. The Kier molecular flexibility index (Phi) is 3.77. The fourth-order valence-corrected chi connectivity index (χ4v) is 1.71. The summed E-state index contributed by atoms with van der Waals surface area (Å²) < 4.78 is 5.33. The van der Waals surface area contributed by atoms with Gasteiger partial charge in [0.05, 0.1) is 18.5 Å². The molecule has 17 heavy (non-hydrogen) atoms. The highest BCUT2D eigenvalue weighted by molar-refractivity contribution is 5.45. The number of aromatic nitrogens is 1. The molecule has 2 heterocycles. The minimum Gasteiger partial charge on any atom is -0.467 e. The molecule has 0 amide bonds. The van der Waals surface area contributed by atoms with Crippen molar-refractivity contribution >= 4 is 5.69 Å². The fraction of sp³-hybridized carbons (Fsp3) is 0.308. The maximum absolute atomic E-state index is 5.33. The first-order valence-electron chi connectivity index (χ1n) is 5.62. The van der Waals surface area contributed by atoms with E-state index in [0.717, 1.165) is 30.2 Å². The number of hydrogen-bond donors (Lipinski definition) is 1. The number of hydrogen-bond acceptors (Lipinski definition) is 4. The quantitative estimate of drug-likeness (QED) is 0.855. The van der Waals surface area contributed by atoms with Crippen LogP contribution in [0.3, 0.4) is 0 Å². The maximum Gasteiger partial charge on any atom is 0.123 e. The van der Waals surface area contributed by atoms with Gasteiger partial charge in [0, 0.05) is 25.5 Å². The standard InChI is InChI=1S/C13H17N3O/c1-14-9-11-8-12(5-6-15-11)16(2)10-13-4-3-7-17-13/h3-8,14H,9-10H2,1-2H3. The molecule has 2 aromatic rings. The highest BCUT2D eigenvalue weighted by Gasteiger charge is 2.05. The summed E-state index contributed by atoms with van der Waals surface area (Å²) in [6.45, 7) is 1.54. The molecule has 0 fully saturated rings. The van der Waals surface area contributed by atoms with Gasteiger partial charge in [0.2, 0.25) is 0 Å². The molecule has 4 nitrogen and oxygen atoms in total. The van der Waals surface area contributed by atoms with Crippen LogP contribution in [0.15, 0.2) is 41.1 Å². The lowest BCUT2D eigenvalue weighted by Gasteiger charge is -2.18.